The van der Waals surface area contributed by atoms with Crippen molar-refractivity contribution in [3.05, 3.63) is 46.7 Å². The largest absolute Gasteiger partial charge is 0.311 e. The van der Waals surface area contributed by atoms with Gasteiger partial charge in [0.25, 0.3) is 0 Å². The van der Waals surface area contributed by atoms with Crippen molar-refractivity contribution in [3.8, 4) is 0 Å². The van der Waals surface area contributed by atoms with Gasteiger partial charge in [0.15, 0.2) is 0 Å². The van der Waals surface area contributed by atoms with Crippen molar-refractivity contribution in [1.29, 1.82) is 0 Å². The van der Waals surface area contributed by atoms with Crippen LogP contribution in [-0.4, -0.2) is 22.6 Å². The summed E-state index contributed by atoms with van der Waals surface area (Å²) >= 11 is 8.09. The average molecular weight is 310 g/mol. The lowest BCUT2D eigenvalue weighted by molar-refractivity contribution is 0.549. The van der Waals surface area contributed by atoms with E-state index in [9.17, 15) is 0 Å². The molecule has 1 aromatic heterocycles. The van der Waals surface area contributed by atoms with Crippen LogP contribution in [0.5, 0.6) is 0 Å². The molecule has 1 atom stereocenters. The van der Waals surface area contributed by atoms with Gasteiger partial charge in [0.1, 0.15) is 0 Å². The zero-order valence-corrected chi connectivity index (χ0v) is 13.6. The Labute approximate surface area is 129 Å². The van der Waals surface area contributed by atoms with Gasteiger partial charge in [-0.25, -0.2) is 0 Å². The number of aryl methyl sites for hydroxylation is 2. The molecule has 5 heteroatoms. The van der Waals surface area contributed by atoms with E-state index in [2.05, 4.69) is 48.5 Å². The first-order chi connectivity index (χ1) is 9.65. The molecule has 0 aliphatic rings. The van der Waals surface area contributed by atoms with Crippen LogP contribution >= 0.6 is 23.4 Å². The van der Waals surface area contributed by atoms with E-state index in [1.54, 1.807) is 6.20 Å². The highest BCUT2D eigenvalue weighted by molar-refractivity contribution is 7.99. The number of nitrogens with zero attached hydrogens (tertiary/aromatic N) is 2. The zero-order chi connectivity index (χ0) is 14.5. The van der Waals surface area contributed by atoms with Crippen LogP contribution < -0.4 is 5.32 Å². The molecule has 0 radical (unpaired) electrons. The van der Waals surface area contributed by atoms with Gasteiger partial charge >= 0.3 is 0 Å². The summed E-state index contributed by atoms with van der Waals surface area (Å²) in [5.74, 6) is 0.922. The van der Waals surface area contributed by atoms with Gasteiger partial charge in [0.2, 0.25) is 0 Å². The van der Waals surface area contributed by atoms with Crippen LogP contribution in [0.1, 0.15) is 24.2 Å². The van der Waals surface area contributed by atoms with Gasteiger partial charge in [-0.3, -0.25) is 4.68 Å². The Morgan fingerprint density at radius 2 is 2.05 bits per heavy atom. The first kappa shape index (κ1) is 15.4. The van der Waals surface area contributed by atoms with Crippen molar-refractivity contribution < 1.29 is 0 Å². The number of hydrogen-bond acceptors (Lipinski definition) is 3. The molecule has 20 heavy (non-hydrogen) atoms. The molecule has 0 aliphatic carbocycles. The highest BCUT2D eigenvalue weighted by Crippen LogP contribution is 2.28. The molecule has 0 amide bonds. The van der Waals surface area contributed by atoms with Crippen molar-refractivity contribution in [2.45, 2.75) is 31.3 Å². The van der Waals surface area contributed by atoms with Gasteiger partial charge < -0.3 is 5.32 Å². The maximum atomic E-state index is 6.27. The molecule has 0 fully saturated rings. The smallest absolute Gasteiger partial charge is 0.0834 e. The summed E-state index contributed by atoms with van der Waals surface area (Å²) in [6.07, 6.45) is 1.72. The fourth-order valence-corrected chi connectivity index (χ4v) is 3.37. The van der Waals surface area contributed by atoms with Crippen LogP contribution in [0, 0.1) is 6.92 Å². The summed E-state index contributed by atoms with van der Waals surface area (Å²) in [7, 11) is 1.96. The lowest BCUT2D eigenvalue weighted by Gasteiger charge is -2.18. The standard InChI is InChI=1S/C15H20ClN3S/c1-4-19-15(13(16)9-18-19)14(17-3)10-20-12-7-5-11(2)6-8-12/h5-9,14,17H,4,10H2,1-3H3. The minimum absolute atomic E-state index is 0.191. The number of halogens is 1. The van der Waals surface area contributed by atoms with Crippen LogP contribution in [0.25, 0.3) is 0 Å². The number of nitrogens with one attached hydrogen (secondary N) is 1. The predicted octanol–water partition coefficient (Wildman–Crippen LogP) is 3.92. The molecule has 1 heterocycles. The highest BCUT2D eigenvalue weighted by atomic mass is 35.5. The van der Waals surface area contributed by atoms with Gasteiger partial charge in [-0.05, 0) is 33.0 Å². The molecule has 0 aliphatic heterocycles. The molecule has 0 spiro atoms. The van der Waals surface area contributed by atoms with Crippen LogP contribution in [0.15, 0.2) is 35.4 Å². The second-order valence-electron chi connectivity index (χ2n) is 4.66. The zero-order valence-electron chi connectivity index (χ0n) is 12.1. The minimum Gasteiger partial charge on any atom is -0.311 e. The third kappa shape index (κ3) is 3.57. The molecule has 1 unspecified atom stereocenters. The fraction of sp³-hybridized carbons (Fsp3) is 0.400. The van der Waals surface area contributed by atoms with E-state index in [1.165, 1.54) is 10.5 Å². The summed E-state index contributed by atoms with van der Waals surface area (Å²) < 4.78 is 1.96. The van der Waals surface area contributed by atoms with Crippen LogP contribution in [0.2, 0.25) is 5.02 Å². The van der Waals surface area contributed by atoms with Gasteiger partial charge in [0, 0.05) is 17.2 Å². The maximum absolute atomic E-state index is 6.27. The summed E-state index contributed by atoms with van der Waals surface area (Å²) in [5.41, 5.74) is 2.35. The van der Waals surface area contributed by atoms with Gasteiger partial charge in [-0.15, -0.1) is 11.8 Å². The monoisotopic (exact) mass is 309 g/mol. The van der Waals surface area contributed by atoms with Gasteiger partial charge in [-0.1, -0.05) is 29.3 Å². The van der Waals surface area contributed by atoms with E-state index < -0.39 is 0 Å². The first-order valence-corrected chi connectivity index (χ1v) is 8.10. The summed E-state index contributed by atoms with van der Waals surface area (Å²) in [6.45, 7) is 5.01. The highest BCUT2D eigenvalue weighted by Gasteiger charge is 2.18. The van der Waals surface area contributed by atoms with Crippen LogP contribution in [-0.2, 0) is 6.54 Å². The topological polar surface area (TPSA) is 29.9 Å². The molecule has 1 aromatic carbocycles. The van der Waals surface area contributed by atoms with Crippen molar-refractivity contribution >= 4 is 23.4 Å². The molecule has 108 valence electrons. The van der Waals surface area contributed by atoms with E-state index in [4.69, 9.17) is 11.6 Å². The summed E-state index contributed by atoms with van der Waals surface area (Å²) in [6, 6.07) is 8.79. The molecule has 1 N–H and O–H groups in total. The summed E-state index contributed by atoms with van der Waals surface area (Å²) in [4.78, 5) is 1.27. The fourth-order valence-electron chi connectivity index (χ4n) is 2.08. The molecular formula is C15H20ClN3S. The van der Waals surface area contributed by atoms with Crippen molar-refractivity contribution in [1.82, 2.24) is 15.1 Å². The number of thioether (sulfide) groups is 1. The Bertz CT molecular complexity index is 551. The average Bonchev–Trinajstić information content (AvgIpc) is 2.83. The van der Waals surface area contributed by atoms with Crippen LogP contribution in [0.3, 0.4) is 0 Å². The third-order valence-corrected chi connectivity index (χ3v) is 4.65. The number of benzene rings is 1. The molecule has 0 saturated heterocycles. The second-order valence-corrected chi connectivity index (χ2v) is 6.16. The van der Waals surface area contributed by atoms with Gasteiger partial charge in [0.05, 0.1) is 23.0 Å². The lowest BCUT2D eigenvalue weighted by Crippen LogP contribution is -2.22. The first-order valence-electron chi connectivity index (χ1n) is 6.73. The van der Waals surface area contributed by atoms with E-state index in [0.717, 1.165) is 23.0 Å². The van der Waals surface area contributed by atoms with Gasteiger partial charge in [-0.2, -0.15) is 5.10 Å². The number of rotatable bonds is 6. The van der Waals surface area contributed by atoms with Crippen molar-refractivity contribution in [3.63, 3.8) is 0 Å². The van der Waals surface area contributed by atoms with E-state index >= 15 is 0 Å². The molecule has 0 bridgehead atoms. The Morgan fingerprint density at radius 3 is 2.65 bits per heavy atom. The van der Waals surface area contributed by atoms with E-state index in [1.807, 2.05) is 23.5 Å². The molecule has 2 aromatic rings. The summed E-state index contributed by atoms with van der Waals surface area (Å²) in [5, 5.41) is 8.37. The Balaban J connectivity index is 2.09. The number of aromatic nitrogens is 2. The lowest BCUT2D eigenvalue weighted by atomic mass is 10.2. The number of hydrogen-bond donors (Lipinski definition) is 1. The maximum Gasteiger partial charge on any atom is 0.0834 e. The Hall–Kier alpha value is -0.970. The molecule has 0 saturated carbocycles. The molecule has 3 nitrogen and oxygen atoms in total. The normalized spacial score (nSPS) is 12.6. The van der Waals surface area contributed by atoms with Crippen LogP contribution in [0.4, 0.5) is 0 Å². The Morgan fingerprint density at radius 1 is 1.35 bits per heavy atom. The van der Waals surface area contributed by atoms with Crippen molar-refractivity contribution in [2.24, 2.45) is 0 Å². The quantitative estimate of drug-likeness (QED) is 0.820. The second kappa shape index (κ2) is 7.16. The minimum atomic E-state index is 0.191. The Kier molecular flexibility index (Phi) is 5.52. The van der Waals surface area contributed by atoms with E-state index in [0.29, 0.717) is 0 Å². The third-order valence-electron chi connectivity index (χ3n) is 3.25. The SMILES string of the molecule is CCn1ncc(Cl)c1C(CSc1ccc(C)cc1)NC. The molecule has 2 rings (SSSR count). The van der Waals surface area contributed by atoms with Crippen molar-refractivity contribution in [2.75, 3.05) is 12.8 Å². The van der Waals surface area contributed by atoms with E-state index in [-0.39, 0.29) is 6.04 Å². The molecular weight excluding hydrogens is 290 g/mol. The predicted molar refractivity (Wildman–Crippen MR) is 86.6 cm³/mol.